The Morgan fingerprint density at radius 1 is 1.06 bits per heavy atom. The van der Waals surface area contributed by atoms with Crippen molar-refractivity contribution in [2.45, 2.75) is 64.8 Å². The quantitative estimate of drug-likeness (QED) is 0.223. The maximum Gasteiger partial charge on any atom is 0.278 e. The van der Waals surface area contributed by atoms with E-state index in [1.54, 1.807) is 51.9 Å². The van der Waals surface area contributed by atoms with Crippen molar-refractivity contribution in [3.8, 4) is 11.5 Å². The molecular formula is C38H48FN6O5+. The summed E-state index contributed by atoms with van der Waals surface area (Å²) in [4.78, 5) is 49.9. The van der Waals surface area contributed by atoms with E-state index in [0.29, 0.717) is 36.5 Å². The average Bonchev–Trinajstić information content (AvgIpc) is 3.72. The number of quaternary nitrogens is 1. The molecule has 4 aromatic rings. The second-order valence-electron chi connectivity index (χ2n) is 13.9. The van der Waals surface area contributed by atoms with Gasteiger partial charge in [-0.2, -0.15) is 0 Å². The fraction of sp³-hybridized carbons (Fsp3) is 0.421. The summed E-state index contributed by atoms with van der Waals surface area (Å²) in [6.07, 6.45) is 4.08. The number of likely N-dealkylation sites (N-methyl/N-ethyl adjacent to an activating group) is 1. The molecule has 2 aromatic carbocycles. The highest BCUT2D eigenvalue weighted by Crippen LogP contribution is 2.30. The number of methoxy groups -OCH3 is 1. The number of aromatic nitrogens is 2. The predicted molar refractivity (Wildman–Crippen MR) is 187 cm³/mol. The van der Waals surface area contributed by atoms with Crippen LogP contribution in [-0.2, 0) is 16.0 Å². The van der Waals surface area contributed by atoms with E-state index in [2.05, 4.69) is 10.3 Å². The third kappa shape index (κ3) is 8.78. The number of amides is 3. The van der Waals surface area contributed by atoms with Crippen molar-refractivity contribution in [2.24, 2.45) is 5.41 Å². The van der Waals surface area contributed by atoms with E-state index >= 15 is 0 Å². The normalized spacial score (nSPS) is 17.3. The van der Waals surface area contributed by atoms with Crippen molar-refractivity contribution in [1.82, 2.24) is 24.5 Å². The van der Waals surface area contributed by atoms with Crippen molar-refractivity contribution in [1.29, 1.82) is 0 Å². The van der Waals surface area contributed by atoms with Gasteiger partial charge in [0, 0.05) is 31.9 Å². The number of halogens is 1. The van der Waals surface area contributed by atoms with Crippen LogP contribution in [0.3, 0.4) is 0 Å². The molecule has 11 nitrogen and oxygen atoms in total. The highest BCUT2D eigenvalue weighted by molar-refractivity contribution is 5.93. The smallest absolute Gasteiger partial charge is 0.278 e. The first-order chi connectivity index (χ1) is 23.9. The van der Waals surface area contributed by atoms with Gasteiger partial charge in [-0.1, -0.05) is 39.0 Å². The predicted octanol–water partition coefficient (Wildman–Crippen LogP) is 3.33. The molecule has 1 saturated heterocycles. The molecule has 3 amide bonds. The van der Waals surface area contributed by atoms with Crippen LogP contribution in [0.2, 0.25) is 0 Å². The molecule has 266 valence electrons. The Labute approximate surface area is 292 Å². The van der Waals surface area contributed by atoms with Gasteiger partial charge in [0.2, 0.25) is 5.91 Å². The zero-order valence-corrected chi connectivity index (χ0v) is 29.6. The topological polar surface area (TPSA) is 122 Å². The van der Waals surface area contributed by atoms with Crippen molar-refractivity contribution in [2.75, 3.05) is 33.8 Å². The number of carbonyl (C=O) groups is 3. The highest BCUT2D eigenvalue weighted by Gasteiger charge is 2.44. The van der Waals surface area contributed by atoms with E-state index in [0.717, 1.165) is 5.56 Å². The Bertz CT molecular complexity index is 1740. The SMILES string of the molecule is C[NH2+][C@@H](C)C(=O)N[C@H](C(=O)N1C[C@@H](Oc2ccc(OC)cc2)C[C@H]1CN(CCc1ccc(F)cc1)C(=O)c1cn2ccccc2n1)C(C)(C)C. The van der Waals surface area contributed by atoms with Crippen LogP contribution in [0.25, 0.3) is 5.65 Å². The maximum atomic E-state index is 14.6. The van der Waals surface area contributed by atoms with Gasteiger partial charge in [0.15, 0.2) is 6.04 Å². The van der Waals surface area contributed by atoms with Crippen molar-refractivity contribution < 1.29 is 33.6 Å². The number of nitrogens with zero attached hydrogens (tertiary/aromatic N) is 4. The van der Waals surface area contributed by atoms with Gasteiger partial charge < -0.3 is 34.3 Å². The van der Waals surface area contributed by atoms with Gasteiger partial charge in [0.1, 0.15) is 40.8 Å². The first kappa shape index (κ1) is 36.3. The fourth-order valence-corrected chi connectivity index (χ4v) is 6.13. The summed E-state index contributed by atoms with van der Waals surface area (Å²) < 4.78 is 27.2. The molecular weight excluding hydrogens is 639 g/mol. The monoisotopic (exact) mass is 687 g/mol. The van der Waals surface area contributed by atoms with E-state index in [-0.39, 0.29) is 54.5 Å². The van der Waals surface area contributed by atoms with Crippen LogP contribution >= 0.6 is 0 Å². The largest absolute Gasteiger partial charge is 0.497 e. The Morgan fingerprint density at radius 2 is 1.76 bits per heavy atom. The number of benzene rings is 2. The van der Waals surface area contributed by atoms with E-state index < -0.39 is 17.5 Å². The molecule has 2 aromatic heterocycles. The van der Waals surface area contributed by atoms with E-state index in [1.807, 2.05) is 76.5 Å². The number of nitrogens with two attached hydrogens (primary N) is 1. The van der Waals surface area contributed by atoms with Crippen molar-refractivity contribution >= 4 is 23.4 Å². The number of pyridine rings is 1. The molecule has 0 aliphatic carbocycles. The minimum Gasteiger partial charge on any atom is -0.497 e. The van der Waals surface area contributed by atoms with Gasteiger partial charge in [0.25, 0.3) is 11.8 Å². The number of rotatable bonds is 13. The molecule has 1 fully saturated rings. The van der Waals surface area contributed by atoms with Crippen LogP contribution < -0.4 is 20.1 Å². The molecule has 1 aliphatic rings. The lowest BCUT2D eigenvalue weighted by Crippen LogP contribution is -2.88. The number of likely N-dealkylation sites (tertiary alicyclic amines) is 1. The van der Waals surface area contributed by atoms with Gasteiger partial charge in [-0.15, -0.1) is 0 Å². The number of carbonyl (C=O) groups excluding carboxylic acids is 3. The van der Waals surface area contributed by atoms with Crippen LogP contribution in [0.1, 0.15) is 50.2 Å². The summed E-state index contributed by atoms with van der Waals surface area (Å²) in [5.41, 5.74) is 1.19. The molecule has 0 bridgehead atoms. The molecule has 0 radical (unpaired) electrons. The van der Waals surface area contributed by atoms with Crippen LogP contribution in [0, 0.1) is 11.2 Å². The van der Waals surface area contributed by atoms with E-state index in [4.69, 9.17) is 9.47 Å². The molecule has 4 atom stereocenters. The summed E-state index contributed by atoms with van der Waals surface area (Å²) in [5.74, 6) is 0.245. The van der Waals surface area contributed by atoms with Crippen molar-refractivity contribution in [3.05, 3.63) is 96.2 Å². The van der Waals surface area contributed by atoms with Crippen LogP contribution in [0.5, 0.6) is 11.5 Å². The molecule has 12 heteroatoms. The molecule has 1 aliphatic heterocycles. The lowest BCUT2D eigenvalue weighted by Gasteiger charge is -2.37. The summed E-state index contributed by atoms with van der Waals surface area (Å²) in [5, 5.41) is 4.80. The third-order valence-corrected chi connectivity index (χ3v) is 9.22. The fourth-order valence-electron chi connectivity index (χ4n) is 6.13. The zero-order valence-electron chi connectivity index (χ0n) is 29.6. The first-order valence-electron chi connectivity index (χ1n) is 17.0. The molecule has 0 spiro atoms. The average molecular weight is 688 g/mol. The van der Waals surface area contributed by atoms with Gasteiger partial charge in [-0.25, -0.2) is 9.37 Å². The zero-order chi connectivity index (χ0) is 36.0. The standard InChI is InChI=1S/C38H47FN6O5/c1-25(40-5)35(46)42-34(38(2,3)4)37(48)45-23-31(50-30-16-14-29(49-6)15-17-30)21-28(45)22-44(20-18-26-10-12-27(39)13-11-26)36(47)32-24-43-19-8-7-9-33(43)41-32/h7-17,19,24-25,28,31,34,40H,18,20-23H2,1-6H3,(H,42,46)/p+1/t25-,28-,31-,34+/m0/s1. The molecule has 5 rings (SSSR count). The van der Waals surface area contributed by atoms with Gasteiger partial charge in [-0.05, 0) is 72.9 Å². The Morgan fingerprint density at radius 3 is 2.40 bits per heavy atom. The summed E-state index contributed by atoms with van der Waals surface area (Å²) in [6, 6.07) is 17.4. The molecule has 3 N–H and O–H groups in total. The number of hydrogen-bond donors (Lipinski definition) is 2. The number of fused-ring (bicyclic) bond motifs is 1. The Hall–Kier alpha value is -4.97. The Balaban J connectivity index is 1.46. The van der Waals surface area contributed by atoms with Crippen LogP contribution in [-0.4, -0.2) is 94.9 Å². The summed E-state index contributed by atoms with van der Waals surface area (Å²) in [7, 11) is 3.41. The first-order valence-corrected chi connectivity index (χ1v) is 17.0. The highest BCUT2D eigenvalue weighted by atomic mass is 19.1. The second-order valence-corrected chi connectivity index (χ2v) is 13.9. The second kappa shape index (κ2) is 15.7. The third-order valence-electron chi connectivity index (χ3n) is 9.22. The maximum absolute atomic E-state index is 14.6. The van der Waals surface area contributed by atoms with E-state index in [9.17, 15) is 18.8 Å². The van der Waals surface area contributed by atoms with Gasteiger partial charge in [-0.3, -0.25) is 14.4 Å². The number of ether oxygens (including phenoxy) is 2. The lowest BCUT2D eigenvalue weighted by atomic mass is 9.85. The van der Waals surface area contributed by atoms with Crippen LogP contribution in [0.15, 0.2) is 79.1 Å². The number of imidazole rings is 1. The van der Waals surface area contributed by atoms with Gasteiger partial charge >= 0.3 is 0 Å². The van der Waals surface area contributed by atoms with Crippen LogP contribution in [0.4, 0.5) is 4.39 Å². The molecule has 3 heterocycles. The molecule has 0 unspecified atom stereocenters. The molecule has 0 saturated carbocycles. The minimum atomic E-state index is -0.818. The Kier molecular flexibility index (Phi) is 11.4. The van der Waals surface area contributed by atoms with Gasteiger partial charge in [0.05, 0.1) is 26.7 Å². The number of nitrogens with one attached hydrogen (secondary N) is 1. The lowest BCUT2D eigenvalue weighted by molar-refractivity contribution is -0.646. The summed E-state index contributed by atoms with van der Waals surface area (Å²) in [6.45, 7) is 8.34. The van der Waals surface area contributed by atoms with E-state index in [1.165, 1.54) is 12.1 Å². The molecule has 50 heavy (non-hydrogen) atoms. The number of hydrogen-bond acceptors (Lipinski definition) is 6. The van der Waals surface area contributed by atoms with Crippen molar-refractivity contribution in [3.63, 3.8) is 0 Å². The summed E-state index contributed by atoms with van der Waals surface area (Å²) >= 11 is 0. The minimum absolute atomic E-state index is 0.200.